The van der Waals surface area contributed by atoms with Crippen LogP contribution in [0.3, 0.4) is 0 Å². The van der Waals surface area contributed by atoms with E-state index in [2.05, 4.69) is 37.9 Å². The number of aromatic nitrogens is 1. The van der Waals surface area contributed by atoms with E-state index in [1.165, 1.54) is 11.1 Å². The lowest BCUT2D eigenvalue weighted by Gasteiger charge is -2.10. The van der Waals surface area contributed by atoms with Crippen molar-refractivity contribution < 1.29 is 0 Å². The highest BCUT2D eigenvalue weighted by atomic mass is 16.1. The molecule has 1 aromatic heterocycles. The molecule has 0 radical (unpaired) electrons. The molecule has 0 unspecified atom stereocenters. The van der Waals surface area contributed by atoms with Gasteiger partial charge in [0.05, 0.1) is 0 Å². The first-order valence-electron chi connectivity index (χ1n) is 5.69. The molecule has 0 aliphatic heterocycles. The zero-order chi connectivity index (χ0) is 11.7. The number of aryl methyl sites for hydroxylation is 1. The summed E-state index contributed by atoms with van der Waals surface area (Å²) in [6.45, 7) is 6.54. The number of hydrogen-bond acceptors (Lipinski definition) is 1. The minimum atomic E-state index is -0.0384. The molecular formula is C14H17NO. The molecule has 2 heteroatoms. The SMILES string of the molecule is Cc1cc2[nH]c(=O)ccc2cc1CC(C)C. The lowest BCUT2D eigenvalue weighted by molar-refractivity contribution is 0.645. The summed E-state index contributed by atoms with van der Waals surface area (Å²) in [5.74, 6) is 0.652. The fraction of sp³-hybridized carbons (Fsp3) is 0.357. The Balaban J connectivity index is 2.58. The Labute approximate surface area is 95.3 Å². The van der Waals surface area contributed by atoms with Crippen molar-refractivity contribution in [3.8, 4) is 0 Å². The summed E-state index contributed by atoms with van der Waals surface area (Å²) < 4.78 is 0. The van der Waals surface area contributed by atoms with Gasteiger partial charge in [-0.05, 0) is 54.0 Å². The van der Waals surface area contributed by atoms with Gasteiger partial charge in [-0.2, -0.15) is 0 Å². The minimum absolute atomic E-state index is 0.0384. The molecule has 0 amide bonds. The van der Waals surface area contributed by atoms with Crippen LogP contribution < -0.4 is 5.56 Å². The standard InChI is InChI=1S/C14H17NO/c1-9(2)6-12-8-11-4-5-14(16)15-13(11)7-10(12)3/h4-5,7-9H,6H2,1-3H3,(H,15,16). The Morgan fingerprint density at radius 1 is 1.25 bits per heavy atom. The normalized spacial score (nSPS) is 11.2. The van der Waals surface area contributed by atoms with Crippen molar-refractivity contribution in [2.75, 3.05) is 0 Å². The predicted molar refractivity (Wildman–Crippen MR) is 67.8 cm³/mol. The summed E-state index contributed by atoms with van der Waals surface area (Å²) in [4.78, 5) is 14.1. The van der Waals surface area contributed by atoms with E-state index in [1.54, 1.807) is 6.07 Å². The molecule has 0 aliphatic rings. The van der Waals surface area contributed by atoms with Gasteiger partial charge in [0.25, 0.3) is 0 Å². The average molecular weight is 215 g/mol. The zero-order valence-electron chi connectivity index (χ0n) is 10.0. The Bertz CT molecular complexity index is 566. The van der Waals surface area contributed by atoms with Crippen LogP contribution in [0.4, 0.5) is 0 Å². The Morgan fingerprint density at radius 3 is 2.69 bits per heavy atom. The lowest BCUT2D eigenvalue weighted by atomic mass is 9.97. The van der Waals surface area contributed by atoms with Gasteiger partial charge in [0.15, 0.2) is 0 Å². The first-order valence-corrected chi connectivity index (χ1v) is 5.69. The Kier molecular flexibility index (Phi) is 2.82. The fourth-order valence-corrected chi connectivity index (χ4v) is 2.02. The van der Waals surface area contributed by atoms with E-state index in [1.807, 2.05) is 6.07 Å². The van der Waals surface area contributed by atoms with E-state index in [9.17, 15) is 4.79 Å². The van der Waals surface area contributed by atoms with Gasteiger partial charge in [-0.25, -0.2) is 0 Å². The molecule has 0 saturated carbocycles. The van der Waals surface area contributed by atoms with Crippen LogP contribution in [-0.2, 0) is 6.42 Å². The number of benzene rings is 1. The summed E-state index contributed by atoms with van der Waals surface area (Å²) in [7, 11) is 0. The van der Waals surface area contributed by atoms with Gasteiger partial charge < -0.3 is 4.98 Å². The zero-order valence-corrected chi connectivity index (χ0v) is 10.0. The third kappa shape index (κ3) is 2.16. The maximum atomic E-state index is 11.2. The first-order chi connectivity index (χ1) is 7.56. The number of H-pyrrole nitrogens is 1. The second kappa shape index (κ2) is 4.12. The third-order valence-electron chi connectivity index (χ3n) is 2.81. The smallest absolute Gasteiger partial charge is 0.248 e. The quantitative estimate of drug-likeness (QED) is 0.820. The molecule has 0 bridgehead atoms. The van der Waals surface area contributed by atoms with Crippen molar-refractivity contribution >= 4 is 10.9 Å². The number of fused-ring (bicyclic) bond motifs is 1. The van der Waals surface area contributed by atoms with Gasteiger partial charge in [-0.1, -0.05) is 13.8 Å². The molecule has 1 heterocycles. The lowest BCUT2D eigenvalue weighted by Crippen LogP contribution is -2.04. The summed E-state index contributed by atoms with van der Waals surface area (Å²) in [5.41, 5.74) is 3.51. The molecule has 2 aromatic rings. The molecule has 2 rings (SSSR count). The van der Waals surface area contributed by atoms with Gasteiger partial charge in [-0.3, -0.25) is 4.79 Å². The molecule has 0 aliphatic carbocycles. The van der Waals surface area contributed by atoms with Crippen LogP contribution in [0.25, 0.3) is 10.9 Å². The molecule has 0 saturated heterocycles. The number of pyridine rings is 1. The predicted octanol–water partition coefficient (Wildman–Crippen LogP) is 3.04. The van der Waals surface area contributed by atoms with E-state index in [0.717, 1.165) is 17.3 Å². The summed E-state index contributed by atoms with van der Waals surface area (Å²) in [6, 6.07) is 7.71. The molecule has 1 N–H and O–H groups in total. The van der Waals surface area contributed by atoms with Crippen molar-refractivity contribution in [3.63, 3.8) is 0 Å². The van der Waals surface area contributed by atoms with Gasteiger partial charge >= 0.3 is 0 Å². The first kappa shape index (κ1) is 10.9. The van der Waals surface area contributed by atoms with Gasteiger partial charge in [-0.15, -0.1) is 0 Å². The highest BCUT2D eigenvalue weighted by Gasteiger charge is 2.04. The summed E-state index contributed by atoms with van der Waals surface area (Å²) in [6.07, 6.45) is 1.08. The molecule has 0 spiro atoms. The second-order valence-electron chi connectivity index (χ2n) is 4.79. The van der Waals surface area contributed by atoms with Crippen LogP contribution in [0.2, 0.25) is 0 Å². The molecule has 84 valence electrons. The van der Waals surface area contributed by atoms with E-state index < -0.39 is 0 Å². The van der Waals surface area contributed by atoms with E-state index in [4.69, 9.17) is 0 Å². The van der Waals surface area contributed by atoms with Crippen molar-refractivity contribution in [2.24, 2.45) is 5.92 Å². The van der Waals surface area contributed by atoms with Crippen LogP contribution in [0.5, 0.6) is 0 Å². The number of rotatable bonds is 2. The molecule has 2 nitrogen and oxygen atoms in total. The minimum Gasteiger partial charge on any atom is -0.322 e. The fourth-order valence-electron chi connectivity index (χ4n) is 2.02. The third-order valence-corrected chi connectivity index (χ3v) is 2.81. The van der Waals surface area contributed by atoms with Crippen LogP contribution in [0, 0.1) is 12.8 Å². The van der Waals surface area contributed by atoms with Crippen LogP contribution in [-0.4, -0.2) is 4.98 Å². The maximum absolute atomic E-state index is 11.2. The van der Waals surface area contributed by atoms with E-state index in [0.29, 0.717) is 5.92 Å². The number of aromatic amines is 1. The van der Waals surface area contributed by atoms with E-state index >= 15 is 0 Å². The van der Waals surface area contributed by atoms with Crippen LogP contribution in [0.1, 0.15) is 25.0 Å². The van der Waals surface area contributed by atoms with Gasteiger partial charge in [0, 0.05) is 11.6 Å². The van der Waals surface area contributed by atoms with Crippen molar-refractivity contribution in [1.82, 2.24) is 4.98 Å². The molecule has 1 aromatic carbocycles. The summed E-state index contributed by atoms with van der Waals surface area (Å²) in [5, 5.41) is 1.11. The monoisotopic (exact) mass is 215 g/mol. The van der Waals surface area contributed by atoms with Gasteiger partial charge in [0.2, 0.25) is 5.56 Å². The van der Waals surface area contributed by atoms with E-state index in [-0.39, 0.29) is 5.56 Å². The largest absolute Gasteiger partial charge is 0.322 e. The van der Waals surface area contributed by atoms with Crippen molar-refractivity contribution in [2.45, 2.75) is 27.2 Å². The molecular weight excluding hydrogens is 198 g/mol. The molecule has 16 heavy (non-hydrogen) atoms. The molecule has 0 atom stereocenters. The van der Waals surface area contributed by atoms with Crippen molar-refractivity contribution in [1.29, 1.82) is 0 Å². The summed E-state index contributed by atoms with van der Waals surface area (Å²) >= 11 is 0. The van der Waals surface area contributed by atoms with Gasteiger partial charge in [0.1, 0.15) is 0 Å². The molecule has 0 fully saturated rings. The topological polar surface area (TPSA) is 32.9 Å². The Hall–Kier alpha value is -1.57. The highest BCUT2D eigenvalue weighted by Crippen LogP contribution is 2.19. The highest BCUT2D eigenvalue weighted by molar-refractivity contribution is 5.80. The van der Waals surface area contributed by atoms with Crippen LogP contribution >= 0.6 is 0 Å². The second-order valence-corrected chi connectivity index (χ2v) is 4.79. The van der Waals surface area contributed by atoms with Crippen molar-refractivity contribution in [3.05, 3.63) is 45.7 Å². The number of nitrogens with one attached hydrogen (secondary N) is 1. The average Bonchev–Trinajstić information content (AvgIpc) is 2.19. The Morgan fingerprint density at radius 2 is 2.00 bits per heavy atom. The van der Waals surface area contributed by atoms with Crippen LogP contribution in [0.15, 0.2) is 29.1 Å². The maximum Gasteiger partial charge on any atom is 0.248 e. The number of hydrogen-bond donors (Lipinski definition) is 1.